The summed E-state index contributed by atoms with van der Waals surface area (Å²) in [6, 6.07) is 0. The molecule has 102 valence electrons. The zero-order valence-corrected chi connectivity index (χ0v) is 12.5. The summed E-state index contributed by atoms with van der Waals surface area (Å²) in [5.74, 6) is 0. The van der Waals surface area contributed by atoms with Crippen molar-refractivity contribution in [1.82, 2.24) is 10.6 Å². The minimum absolute atomic E-state index is 0.798. The van der Waals surface area contributed by atoms with E-state index < -0.39 is 0 Å². The van der Waals surface area contributed by atoms with E-state index >= 15 is 0 Å². The van der Waals surface area contributed by atoms with Crippen molar-refractivity contribution in [2.45, 2.75) is 71.6 Å². The van der Waals surface area contributed by atoms with Gasteiger partial charge in [-0.2, -0.15) is 0 Å². The zero-order chi connectivity index (χ0) is 12.8. The summed E-state index contributed by atoms with van der Waals surface area (Å²) in [7, 11) is 0. The first-order valence-corrected chi connectivity index (χ1v) is 7.73. The Kier molecular flexibility index (Phi) is 13.5. The van der Waals surface area contributed by atoms with E-state index in [1.165, 1.54) is 57.8 Å². The molecule has 0 rings (SSSR count). The standard InChI is InChI=1S/C14H30N2S/c1-3-5-6-7-8-9-10-11-12-13-16-14(17)15-4-2/h3-13H2,1-2H3,(H2,15,16,17). The van der Waals surface area contributed by atoms with Crippen LogP contribution in [0.15, 0.2) is 0 Å². The van der Waals surface area contributed by atoms with E-state index in [0.717, 1.165) is 18.2 Å². The van der Waals surface area contributed by atoms with Crippen LogP contribution in [0, 0.1) is 0 Å². The maximum Gasteiger partial charge on any atom is 0.166 e. The Bertz CT molecular complexity index is 172. The summed E-state index contributed by atoms with van der Waals surface area (Å²) in [5.41, 5.74) is 0. The average molecular weight is 258 g/mol. The lowest BCUT2D eigenvalue weighted by atomic mass is 10.1. The van der Waals surface area contributed by atoms with Crippen molar-refractivity contribution in [3.63, 3.8) is 0 Å². The second kappa shape index (κ2) is 13.8. The minimum Gasteiger partial charge on any atom is -0.363 e. The highest BCUT2D eigenvalue weighted by Crippen LogP contribution is 2.09. The molecule has 0 amide bonds. The molecule has 0 saturated heterocycles. The topological polar surface area (TPSA) is 24.1 Å². The lowest BCUT2D eigenvalue weighted by molar-refractivity contribution is 0.562. The molecule has 2 nitrogen and oxygen atoms in total. The van der Waals surface area contributed by atoms with Crippen molar-refractivity contribution < 1.29 is 0 Å². The second-order valence-corrected chi connectivity index (χ2v) is 5.02. The largest absolute Gasteiger partial charge is 0.363 e. The van der Waals surface area contributed by atoms with Gasteiger partial charge in [-0.1, -0.05) is 58.3 Å². The van der Waals surface area contributed by atoms with E-state index in [4.69, 9.17) is 12.2 Å². The van der Waals surface area contributed by atoms with Gasteiger partial charge >= 0.3 is 0 Å². The Balaban J connectivity index is 3.01. The number of nitrogens with one attached hydrogen (secondary N) is 2. The summed E-state index contributed by atoms with van der Waals surface area (Å²) < 4.78 is 0. The number of hydrogen-bond donors (Lipinski definition) is 2. The van der Waals surface area contributed by atoms with Gasteiger partial charge in [-0.25, -0.2) is 0 Å². The lowest BCUT2D eigenvalue weighted by Gasteiger charge is -2.08. The predicted octanol–water partition coefficient (Wildman–Crippen LogP) is 4.00. The van der Waals surface area contributed by atoms with E-state index in [2.05, 4.69) is 24.5 Å². The molecule has 0 aromatic rings. The van der Waals surface area contributed by atoms with Crippen LogP contribution in [-0.2, 0) is 0 Å². The van der Waals surface area contributed by atoms with E-state index in [1.807, 2.05) is 0 Å². The fraction of sp³-hybridized carbons (Fsp3) is 0.929. The molecule has 0 bridgehead atoms. The number of hydrogen-bond acceptors (Lipinski definition) is 1. The van der Waals surface area contributed by atoms with Crippen LogP contribution in [0.5, 0.6) is 0 Å². The quantitative estimate of drug-likeness (QED) is 0.433. The molecule has 0 radical (unpaired) electrons. The van der Waals surface area contributed by atoms with Crippen molar-refractivity contribution in [1.29, 1.82) is 0 Å². The van der Waals surface area contributed by atoms with Crippen molar-refractivity contribution in [2.75, 3.05) is 13.1 Å². The monoisotopic (exact) mass is 258 g/mol. The van der Waals surface area contributed by atoms with Gasteiger partial charge in [0.25, 0.3) is 0 Å². The van der Waals surface area contributed by atoms with Gasteiger partial charge in [-0.3, -0.25) is 0 Å². The fourth-order valence-corrected chi connectivity index (χ4v) is 2.11. The Morgan fingerprint density at radius 2 is 1.29 bits per heavy atom. The van der Waals surface area contributed by atoms with Crippen molar-refractivity contribution in [3.05, 3.63) is 0 Å². The maximum absolute atomic E-state index is 5.09. The first-order valence-electron chi connectivity index (χ1n) is 7.33. The molecule has 0 unspecified atom stereocenters. The first kappa shape index (κ1) is 16.7. The van der Waals surface area contributed by atoms with Crippen molar-refractivity contribution >= 4 is 17.3 Å². The molecular weight excluding hydrogens is 228 g/mol. The highest BCUT2D eigenvalue weighted by atomic mass is 32.1. The van der Waals surface area contributed by atoms with Gasteiger partial charge in [0, 0.05) is 13.1 Å². The average Bonchev–Trinajstić information content (AvgIpc) is 2.32. The summed E-state index contributed by atoms with van der Waals surface area (Å²) in [6.07, 6.45) is 12.4. The molecule has 0 heterocycles. The van der Waals surface area contributed by atoms with E-state index in [0.29, 0.717) is 0 Å². The predicted molar refractivity (Wildman–Crippen MR) is 81.5 cm³/mol. The van der Waals surface area contributed by atoms with Crippen molar-refractivity contribution in [2.24, 2.45) is 0 Å². The van der Waals surface area contributed by atoms with Gasteiger partial charge in [0.2, 0.25) is 0 Å². The smallest absolute Gasteiger partial charge is 0.166 e. The summed E-state index contributed by atoms with van der Waals surface area (Å²) in [5, 5.41) is 7.12. The molecule has 17 heavy (non-hydrogen) atoms. The van der Waals surface area contributed by atoms with Crippen LogP contribution >= 0.6 is 12.2 Å². The highest BCUT2D eigenvalue weighted by molar-refractivity contribution is 7.80. The zero-order valence-electron chi connectivity index (χ0n) is 11.7. The molecular formula is C14H30N2S. The van der Waals surface area contributed by atoms with Gasteiger partial charge in [-0.15, -0.1) is 0 Å². The van der Waals surface area contributed by atoms with Gasteiger partial charge in [0.05, 0.1) is 0 Å². The van der Waals surface area contributed by atoms with Gasteiger partial charge < -0.3 is 10.6 Å². The van der Waals surface area contributed by atoms with Crippen LogP contribution in [0.3, 0.4) is 0 Å². The molecule has 2 N–H and O–H groups in total. The summed E-state index contributed by atoms with van der Waals surface area (Å²) in [4.78, 5) is 0. The molecule has 0 aliphatic carbocycles. The normalized spacial score (nSPS) is 10.2. The summed E-state index contributed by atoms with van der Waals surface area (Å²) in [6.45, 7) is 6.25. The Hall–Kier alpha value is -0.310. The van der Waals surface area contributed by atoms with Crippen LogP contribution in [-0.4, -0.2) is 18.2 Å². The van der Waals surface area contributed by atoms with Crippen LogP contribution < -0.4 is 10.6 Å². The maximum atomic E-state index is 5.09. The Morgan fingerprint density at radius 1 is 0.765 bits per heavy atom. The molecule has 0 fully saturated rings. The summed E-state index contributed by atoms with van der Waals surface area (Å²) >= 11 is 5.09. The molecule has 0 spiro atoms. The first-order chi connectivity index (χ1) is 8.31. The van der Waals surface area contributed by atoms with E-state index in [9.17, 15) is 0 Å². The highest BCUT2D eigenvalue weighted by Gasteiger charge is 1.93. The molecule has 0 saturated carbocycles. The lowest BCUT2D eigenvalue weighted by Crippen LogP contribution is -2.35. The molecule has 0 aromatic carbocycles. The SMILES string of the molecule is CCCCCCCCCCCNC(=S)NCC. The molecule has 3 heteroatoms. The second-order valence-electron chi connectivity index (χ2n) is 4.61. The molecule has 0 aromatic heterocycles. The van der Waals surface area contributed by atoms with Gasteiger partial charge in [0.1, 0.15) is 0 Å². The number of rotatable bonds is 11. The number of unbranched alkanes of at least 4 members (excludes halogenated alkanes) is 8. The van der Waals surface area contributed by atoms with Crippen LogP contribution in [0.2, 0.25) is 0 Å². The third-order valence-corrected chi connectivity index (χ3v) is 3.19. The fourth-order valence-electron chi connectivity index (χ4n) is 1.86. The minimum atomic E-state index is 0.798. The van der Waals surface area contributed by atoms with Crippen molar-refractivity contribution in [3.8, 4) is 0 Å². The van der Waals surface area contributed by atoms with E-state index in [-0.39, 0.29) is 0 Å². The van der Waals surface area contributed by atoms with Gasteiger partial charge in [-0.05, 0) is 25.6 Å². The molecule has 0 atom stereocenters. The third-order valence-electron chi connectivity index (χ3n) is 2.90. The third kappa shape index (κ3) is 13.6. The Morgan fingerprint density at radius 3 is 1.82 bits per heavy atom. The molecule has 0 aliphatic heterocycles. The van der Waals surface area contributed by atoms with Crippen LogP contribution in [0.1, 0.15) is 71.6 Å². The van der Waals surface area contributed by atoms with Crippen LogP contribution in [0.4, 0.5) is 0 Å². The van der Waals surface area contributed by atoms with E-state index in [1.54, 1.807) is 0 Å². The van der Waals surface area contributed by atoms with Crippen LogP contribution in [0.25, 0.3) is 0 Å². The Labute approximate surface area is 113 Å². The molecule has 0 aliphatic rings. The number of thiocarbonyl (C=S) groups is 1. The van der Waals surface area contributed by atoms with Gasteiger partial charge in [0.15, 0.2) is 5.11 Å².